The predicted octanol–water partition coefficient (Wildman–Crippen LogP) is 1.72. The second kappa shape index (κ2) is 4.08. The zero-order valence-electron chi connectivity index (χ0n) is 10.1. The fourth-order valence-corrected chi connectivity index (χ4v) is 1.94. The number of aromatic nitrogens is 2. The number of amides is 1. The number of fused-ring (bicyclic) bond motifs is 1. The fourth-order valence-electron chi connectivity index (χ4n) is 1.94. The third-order valence-corrected chi connectivity index (χ3v) is 2.65. The average Bonchev–Trinajstić information content (AvgIpc) is 2.66. The Morgan fingerprint density at radius 2 is 2.18 bits per heavy atom. The molecule has 5 heteroatoms. The van der Waals surface area contributed by atoms with E-state index in [9.17, 15) is 4.79 Å². The van der Waals surface area contributed by atoms with Gasteiger partial charge in [0.15, 0.2) is 0 Å². The summed E-state index contributed by atoms with van der Waals surface area (Å²) in [5.74, 6) is -0.480. The zero-order valence-corrected chi connectivity index (χ0v) is 10.1. The van der Waals surface area contributed by atoms with Crippen LogP contribution in [-0.2, 0) is 0 Å². The summed E-state index contributed by atoms with van der Waals surface area (Å²) in [6.07, 6.45) is 0. The number of carbonyl (C=O) groups excluding carboxylic acids is 1. The molecule has 0 atom stereocenters. The van der Waals surface area contributed by atoms with Gasteiger partial charge in [-0.3, -0.25) is 9.36 Å². The number of primary amides is 1. The maximum absolute atomic E-state index is 11.3. The number of rotatable bonds is 3. The molecular formula is C12H15N3O2. The van der Waals surface area contributed by atoms with Gasteiger partial charge in [-0.1, -0.05) is 6.07 Å². The highest BCUT2D eigenvalue weighted by atomic mass is 16.5. The maximum Gasteiger partial charge on any atom is 0.297 e. The van der Waals surface area contributed by atoms with Crippen molar-refractivity contribution in [2.75, 3.05) is 7.11 Å². The minimum absolute atomic E-state index is 0.193. The highest BCUT2D eigenvalue weighted by molar-refractivity contribution is 6.04. The molecule has 0 saturated heterocycles. The Morgan fingerprint density at radius 3 is 2.71 bits per heavy atom. The lowest BCUT2D eigenvalue weighted by Gasteiger charge is -2.11. The fraction of sp³-hybridized carbons (Fsp3) is 0.333. The number of nitrogens with two attached hydrogens (primary N) is 1. The van der Waals surface area contributed by atoms with E-state index in [0.717, 1.165) is 5.52 Å². The molecule has 2 N–H and O–H groups in total. The molecule has 5 nitrogen and oxygen atoms in total. The first-order chi connectivity index (χ1) is 8.06. The van der Waals surface area contributed by atoms with Gasteiger partial charge in [0.1, 0.15) is 5.52 Å². The summed E-state index contributed by atoms with van der Waals surface area (Å²) in [5, 5.41) is 0. The highest BCUT2D eigenvalue weighted by Gasteiger charge is 2.17. The SMILES string of the molecule is COc1nc2c(C(N)=O)cccc2n1C(C)C. The summed E-state index contributed by atoms with van der Waals surface area (Å²) >= 11 is 0. The van der Waals surface area contributed by atoms with Crippen LogP contribution in [0.2, 0.25) is 0 Å². The Kier molecular flexibility index (Phi) is 2.75. The molecule has 0 bridgehead atoms. The summed E-state index contributed by atoms with van der Waals surface area (Å²) in [6, 6.07) is 6.04. The molecule has 17 heavy (non-hydrogen) atoms. The number of methoxy groups -OCH3 is 1. The molecule has 0 aliphatic rings. The lowest BCUT2D eigenvalue weighted by Crippen LogP contribution is -2.11. The van der Waals surface area contributed by atoms with Crippen LogP contribution < -0.4 is 10.5 Å². The van der Waals surface area contributed by atoms with Crippen LogP contribution >= 0.6 is 0 Å². The van der Waals surface area contributed by atoms with Crippen molar-refractivity contribution in [1.82, 2.24) is 9.55 Å². The number of nitrogens with zero attached hydrogens (tertiary/aromatic N) is 2. The first kappa shape index (κ1) is 11.4. The number of imidazole rings is 1. The van der Waals surface area contributed by atoms with E-state index in [4.69, 9.17) is 10.5 Å². The van der Waals surface area contributed by atoms with Crippen molar-refractivity contribution >= 4 is 16.9 Å². The lowest BCUT2D eigenvalue weighted by atomic mass is 10.1. The van der Waals surface area contributed by atoms with Crippen LogP contribution in [0.1, 0.15) is 30.2 Å². The Hall–Kier alpha value is -2.04. The van der Waals surface area contributed by atoms with E-state index >= 15 is 0 Å². The Balaban J connectivity index is 2.82. The summed E-state index contributed by atoms with van der Waals surface area (Å²) in [5.41, 5.74) is 7.19. The quantitative estimate of drug-likeness (QED) is 0.877. The van der Waals surface area contributed by atoms with Gasteiger partial charge < -0.3 is 10.5 Å². The van der Waals surface area contributed by atoms with Gasteiger partial charge >= 0.3 is 0 Å². The minimum Gasteiger partial charge on any atom is -0.468 e. The third-order valence-electron chi connectivity index (χ3n) is 2.65. The molecule has 0 saturated carbocycles. The largest absolute Gasteiger partial charge is 0.468 e. The highest BCUT2D eigenvalue weighted by Crippen LogP contribution is 2.27. The Morgan fingerprint density at radius 1 is 1.47 bits per heavy atom. The van der Waals surface area contributed by atoms with Crippen LogP contribution in [0, 0.1) is 0 Å². The summed E-state index contributed by atoms with van der Waals surface area (Å²) in [6.45, 7) is 4.06. The molecular weight excluding hydrogens is 218 g/mol. The average molecular weight is 233 g/mol. The molecule has 1 aromatic heterocycles. The molecule has 1 amide bonds. The molecule has 0 spiro atoms. The van der Waals surface area contributed by atoms with Crippen LogP contribution in [-0.4, -0.2) is 22.6 Å². The van der Waals surface area contributed by atoms with Gasteiger partial charge in [-0.05, 0) is 26.0 Å². The van der Waals surface area contributed by atoms with Crippen molar-refractivity contribution < 1.29 is 9.53 Å². The Labute approximate surface area is 99.2 Å². The number of hydrogen-bond donors (Lipinski definition) is 1. The number of ether oxygens (including phenoxy) is 1. The van der Waals surface area contributed by atoms with Crippen molar-refractivity contribution in [2.45, 2.75) is 19.9 Å². The van der Waals surface area contributed by atoms with Gasteiger partial charge in [-0.15, -0.1) is 0 Å². The topological polar surface area (TPSA) is 70.1 Å². The van der Waals surface area contributed by atoms with E-state index in [2.05, 4.69) is 4.98 Å². The van der Waals surface area contributed by atoms with E-state index in [0.29, 0.717) is 17.1 Å². The molecule has 1 aromatic carbocycles. The molecule has 0 aliphatic carbocycles. The number of benzene rings is 1. The van der Waals surface area contributed by atoms with E-state index in [-0.39, 0.29) is 6.04 Å². The molecule has 0 aliphatic heterocycles. The second-order valence-corrected chi connectivity index (χ2v) is 4.10. The van der Waals surface area contributed by atoms with Crippen molar-refractivity contribution in [1.29, 1.82) is 0 Å². The van der Waals surface area contributed by atoms with Crippen molar-refractivity contribution in [2.24, 2.45) is 5.73 Å². The van der Waals surface area contributed by atoms with E-state index in [1.807, 2.05) is 24.5 Å². The lowest BCUT2D eigenvalue weighted by molar-refractivity contribution is 0.100. The summed E-state index contributed by atoms with van der Waals surface area (Å²) in [4.78, 5) is 15.6. The standard InChI is InChI=1S/C12H15N3O2/c1-7(2)15-9-6-4-5-8(11(13)16)10(9)14-12(15)17-3/h4-7H,1-3H3,(H2,13,16). The van der Waals surface area contributed by atoms with Crippen molar-refractivity contribution in [3.8, 4) is 6.01 Å². The molecule has 90 valence electrons. The number of carbonyl (C=O) groups is 1. The number of hydrogen-bond acceptors (Lipinski definition) is 3. The van der Waals surface area contributed by atoms with Gasteiger partial charge in [-0.2, -0.15) is 4.98 Å². The van der Waals surface area contributed by atoms with Gasteiger partial charge in [0.25, 0.3) is 11.9 Å². The van der Waals surface area contributed by atoms with E-state index in [1.54, 1.807) is 19.2 Å². The second-order valence-electron chi connectivity index (χ2n) is 4.10. The monoisotopic (exact) mass is 233 g/mol. The molecule has 1 heterocycles. The normalized spacial score (nSPS) is 11.1. The predicted molar refractivity (Wildman–Crippen MR) is 65.2 cm³/mol. The first-order valence-electron chi connectivity index (χ1n) is 5.41. The molecule has 0 fully saturated rings. The van der Waals surface area contributed by atoms with Crippen LogP contribution in [0.15, 0.2) is 18.2 Å². The van der Waals surface area contributed by atoms with Crippen LogP contribution in [0.3, 0.4) is 0 Å². The summed E-state index contributed by atoms with van der Waals surface area (Å²) in [7, 11) is 1.56. The van der Waals surface area contributed by atoms with E-state index < -0.39 is 5.91 Å². The molecule has 0 radical (unpaired) electrons. The molecule has 2 rings (SSSR count). The van der Waals surface area contributed by atoms with Crippen molar-refractivity contribution in [3.05, 3.63) is 23.8 Å². The van der Waals surface area contributed by atoms with Crippen LogP contribution in [0.25, 0.3) is 11.0 Å². The number of para-hydroxylation sites is 1. The summed E-state index contributed by atoms with van der Waals surface area (Å²) < 4.78 is 7.16. The first-order valence-corrected chi connectivity index (χ1v) is 5.41. The minimum atomic E-state index is -0.480. The molecule has 0 unspecified atom stereocenters. The molecule has 2 aromatic rings. The van der Waals surface area contributed by atoms with Crippen LogP contribution in [0.4, 0.5) is 0 Å². The van der Waals surface area contributed by atoms with Gasteiger partial charge in [-0.25, -0.2) is 0 Å². The van der Waals surface area contributed by atoms with Gasteiger partial charge in [0, 0.05) is 6.04 Å². The van der Waals surface area contributed by atoms with Crippen LogP contribution in [0.5, 0.6) is 6.01 Å². The van der Waals surface area contributed by atoms with Gasteiger partial charge in [0.05, 0.1) is 18.2 Å². The van der Waals surface area contributed by atoms with E-state index in [1.165, 1.54) is 0 Å². The third kappa shape index (κ3) is 1.73. The van der Waals surface area contributed by atoms with Gasteiger partial charge in [0.2, 0.25) is 0 Å². The smallest absolute Gasteiger partial charge is 0.297 e. The Bertz CT molecular complexity index is 572. The zero-order chi connectivity index (χ0) is 12.6. The maximum atomic E-state index is 11.3. The van der Waals surface area contributed by atoms with Crippen molar-refractivity contribution in [3.63, 3.8) is 0 Å².